The molecule has 0 fully saturated rings. The lowest BCUT2D eigenvalue weighted by molar-refractivity contribution is 0.0586. The molecule has 0 spiro atoms. The van der Waals surface area contributed by atoms with Crippen LogP contribution in [0.4, 0.5) is 0 Å². The van der Waals surface area contributed by atoms with E-state index in [2.05, 4.69) is 0 Å². The molecule has 0 aliphatic rings. The number of unbranched alkanes of at least 4 members (excludes halogenated alkanes) is 3. The molecule has 2 aromatic rings. The summed E-state index contributed by atoms with van der Waals surface area (Å²) in [6.07, 6.45) is 3.68. The standard InChI is InChI=1S/C24H30O6/c1-17-9-11-21(19(15-17)23(25)27-3)29-13-7-5-6-8-14-30-22-12-10-18(2)16-20(22)24(26)28-4/h9-12,15-16H,5-8,13-14H2,1-4H3. The zero-order chi connectivity index (χ0) is 21.9. The van der Waals surface area contributed by atoms with Crippen molar-refractivity contribution in [3.8, 4) is 11.5 Å². The average molecular weight is 414 g/mol. The minimum Gasteiger partial charge on any atom is -0.493 e. The Morgan fingerprint density at radius 1 is 0.667 bits per heavy atom. The van der Waals surface area contributed by atoms with Gasteiger partial charge in [-0.05, 0) is 63.8 Å². The molecule has 0 saturated carbocycles. The number of esters is 2. The van der Waals surface area contributed by atoms with Gasteiger partial charge in [0.05, 0.1) is 27.4 Å². The third-order valence-corrected chi connectivity index (χ3v) is 4.63. The van der Waals surface area contributed by atoms with Crippen LogP contribution in [0.25, 0.3) is 0 Å². The second kappa shape index (κ2) is 11.9. The lowest BCUT2D eigenvalue weighted by atomic mass is 10.1. The van der Waals surface area contributed by atoms with E-state index in [0.29, 0.717) is 35.8 Å². The number of carbonyl (C=O) groups is 2. The Morgan fingerprint density at radius 2 is 1.07 bits per heavy atom. The molecule has 6 heteroatoms. The highest BCUT2D eigenvalue weighted by molar-refractivity contribution is 5.93. The summed E-state index contributed by atoms with van der Waals surface area (Å²) in [5.41, 5.74) is 2.86. The molecule has 0 bridgehead atoms. The van der Waals surface area contributed by atoms with Crippen molar-refractivity contribution in [1.82, 2.24) is 0 Å². The molecule has 0 amide bonds. The van der Waals surface area contributed by atoms with Crippen molar-refractivity contribution in [3.63, 3.8) is 0 Å². The van der Waals surface area contributed by atoms with E-state index in [-0.39, 0.29) is 0 Å². The van der Waals surface area contributed by atoms with Gasteiger partial charge in [0, 0.05) is 0 Å². The van der Waals surface area contributed by atoms with Gasteiger partial charge in [-0.3, -0.25) is 0 Å². The minimum absolute atomic E-state index is 0.395. The van der Waals surface area contributed by atoms with Crippen LogP contribution in [0.3, 0.4) is 0 Å². The van der Waals surface area contributed by atoms with E-state index in [1.807, 2.05) is 26.0 Å². The number of rotatable bonds is 11. The Bertz CT molecular complexity index is 787. The highest BCUT2D eigenvalue weighted by Crippen LogP contribution is 2.22. The fraction of sp³-hybridized carbons (Fsp3) is 0.417. The largest absolute Gasteiger partial charge is 0.493 e. The molecular weight excluding hydrogens is 384 g/mol. The first-order valence-electron chi connectivity index (χ1n) is 10.1. The lowest BCUT2D eigenvalue weighted by Gasteiger charge is -2.12. The number of benzene rings is 2. The van der Waals surface area contributed by atoms with Crippen LogP contribution in [-0.2, 0) is 9.47 Å². The number of methoxy groups -OCH3 is 2. The van der Waals surface area contributed by atoms with Crippen molar-refractivity contribution in [3.05, 3.63) is 58.7 Å². The number of hydrogen-bond acceptors (Lipinski definition) is 6. The first-order valence-corrected chi connectivity index (χ1v) is 10.1. The van der Waals surface area contributed by atoms with E-state index in [4.69, 9.17) is 18.9 Å². The van der Waals surface area contributed by atoms with Crippen molar-refractivity contribution in [2.45, 2.75) is 39.5 Å². The summed E-state index contributed by atoms with van der Waals surface area (Å²) in [4.78, 5) is 23.7. The summed E-state index contributed by atoms with van der Waals surface area (Å²) in [6, 6.07) is 11.0. The van der Waals surface area contributed by atoms with Crippen molar-refractivity contribution in [2.24, 2.45) is 0 Å². The van der Waals surface area contributed by atoms with E-state index < -0.39 is 11.9 Å². The Hall–Kier alpha value is -3.02. The van der Waals surface area contributed by atoms with E-state index in [0.717, 1.165) is 36.8 Å². The zero-order valence-corrected chi connectivity index (χ0v) is 18.2. The maximum atomic E-state index is 11.9. The van der Waals surface area contributed by atoms with Gasteiger partial charge >= 0.3 is 11.9 Å². The zero-order valence-electron chi connectivity index (χ0n) is 18.2. The predicted octanol–water partition coefficient (Wildman–Crippen LogP) is 4.89. The SMILES string of the molecule is COC(=O)c1cc(C)ccc1OCCCCCCOc1ccc(C)cc1C(=O)OC. The maximum Gasteiger partial charge on any atom is 0.341 e. The molecular formula is C24H30O6. The van der Waals surface area contributed by atoms with Crippen molar-refractivity contribution in [2.75, 3.05) is 27.4 Å². The molecule has 0 aliphatic carbocycles. The van der Waals surface area contributed by atoms with E-state index in [1.54, 1.807) is 24.3 Å². The summed E-state index contributed by atoms with van der Waals surface area (Å²) in [7, 11) is 2.72. The smallest absolute Gasteiger partial charge is 0.341 e. The monoisotopic (exact) mass is 414 g/mol. The third-order valence-electron chi connectivity index (χ3n) is 4.63. The highest BCUT2D eigenvalue weighted by Gasteiger charge is 2.14. The maximum absolute atomic E-state index is 11.9. The first kappa shape index (κ1) is 23.3. The van der Waals surface area contributed by atoms with Crippen molar-refractivity contribution in [1.29, 1.82) is 0 Å². The van der Waals surface area contributed by atoms with Crippen LogP contribution < -0.4 is 9.47 Å². The molecule has 2 rings (SSSR count). The number of aryl methyl sites for hydroxylation is 2. The Morgan fingerprint density at radius 3 is 1.43 bits per heavy atom. The first-order chi connectivity index (χ1) is 14.5. The summed E-state index contributed by atoms with van der Waals surface area (Å²) >= 11 is 0. The fourth-order valence-electron chi connectivity index (χ4n) is 3.00. The van der Waals surface area contributed by atoms with E-state index in [9.17, 15) is 9.59 Å². The normalized spacial score (nSPS) is 10.4. The van der Waals surface area contributed by atoms with Gasteiger partial charge in [-0.25, -0.2) is 9.59 Å². The molecule has 0 aromatic heterocycles. The van der Waals surface area contributed by atoms with Crippen LogP contribution in [-0.4, -0.2) is 39.4 Å². The quantitative estimate of drug-likeness (QED) is 0.385. The lowest BCUT2D eigenvalue weighted by Crippen LogP contribution is -2.08. The summed E-state index contributed by atoms with van der Waals surface area (Å²) < 4.78 is 21.2. The van der Waals surface area contributed by atoms with Crippen LogP contribution >= 0.6 is 0 Å². The number of ether oxygens (including phenoxy) is 4. The highest BCUT2D eigenvalue weighted by atomic mass is 16.5. The Labute approximate surface area is 178 Å². The van der Waals surface area contributed by atoms with E-state index >= 15 is 0 Å². The summed E-state index contributed by atoms with van der Waals surface area (Å²) in [5, 5.41) is 0. The molecule has 0 N–H and O–H groups in total. The van der Waals surface area contributed by atoms with Gasteiger partial charge in [-0.2, -0.15) is 0 Å². The van der Waals surface area contributed by atoms with Gasteiger partial charge in [0.1, 0.15) is 22.6 Å². The van der Waals surface area contributed by atoms with Crippen LogP contribution in [0.2, 0.25) is 0 Å². The van der Waals surface area contributed by atoms with Crippen LogP contribution in [0.5, 0.6) is 11.5 Å². The minimum atomic E-state index is -0.395. The van der Waals surface area contributed by atoms with Crippen molar-refractivity contribution < 1.29 is 28.5 Å². The molecule has 0 aliphatic heterocycles. The molecule has 0 radical (unpaired) electrons. The molecule has 0 atom stereocenters. The van der Waals surface area contributed by atoms with E-state index in [1.165, 1.54) is 14.2 Å². The Balaban J connectivity index is 1.70. The van der Waals surface area contributed by atoms with Crippen LogP contribution in [0, 0.1) is 13.8 Å². The third kappa shape index (κ3) is 6.79. The summed E-state index contributed by atoms with van der Waals surface area (Å²) in [6.45, 7) is 4.89. The van der Waals surface area contributed by atoms with Gasteiger partial charge < -0.3 is 18.9 Å². The average Bonchev–Trinajstić information content (AvgIpc) is 2.75. The summed E-state index contributed by atoms with van der Waals surface area (Å²) in [5.74, 6) is 0.303. The van der Waals surface area contributed by atoms with Gasteiger partial charge in [0.2, 0.25) is 0 Å². The molecule has 162 valence electrons. The Kier molecular flexibility index (Phi) is 9.19. The molecule has 30 heavy (non-hydrogen) atoms. The van der Waals surface area contributed by atoms with Crippen LogP contribution in [0.15, 0.2) is 36.4 Å². The van der Waals surface area contributed by atoms with Gasteiger partial charge in [0.25, 0.3) is 0 Å². The molecule has 0 heterocycles. The molecule has 0 saturated heterocycles. The molecule has 0 unspecified atom stereocenters. The van der Waals surface area contributed by atoms with Crippen LogP contribution in [0.1, 0.15) is 57.5 Å². The second-order valence-electron chi connectivity index (χ2n) is 7.09. The van der Waals surface area contributed by atoms with Gasteiger partial charge in [0.15, 0.2) is 0 Å². The van der Waals surface area contributed by atoms with Crippen molar-refractivity contribution >= 4 is 11.9 Å². The second-order valence-corrected chi connectivity index (χ2v) is 7.09. The number of hydrogen-bond donors (Lipinski definition) is 0. The van der Waals surface area contributed by atoms with Gasteiger partial charge in [-0.1, -0.05) is 23.3 Å². The molecule has 6 nitrogen and oxygen atoms in total. The topological polar surface area (TPSA) is 71.1 Å². The predicted molar refractivity (Wildman–Crippen MR) is 114 cm³/mol. The molecule has 2 aromatic carbocycles. The van der Waals surface area contributed by atoms with Gasteiger partial charge in [-0.15, -0.1) is 0 Å². The number of carbonyl (C=O) groups excluding carboxylic acids is 2. The fourth-order valence-corrected chi connectivity index (χ4v) is 3.00.